The maximum atomic E-state index is 11.5. The summed E-state index contributed by atoms with van der Waals surface area (Å²) < 4.78 is 11.5. The molecule has 2 saturated carbocycles. The number of aliphatic hydroxyl groups is 1. The minimum atomic E-state index is -1.69. The van der Waals surface area contributed by atoms with E-state index in [9.17, 15) is 8.94 Å². The Morgan fingerprint density at radius 3 is 2.50 bits per heavy atom. The van der Waals surface area contributed by atoms with Crippen molar-refractivity contribution in [3.8, 4) is 0 Å². The number of fused-ring (bicyclic) bond motifs is 2. The van der Waals surface area contributed by atoms with Gasteiger partial charge in [0.25, 0.3) is 0 Å². The van der Waals surface area contributed by atoms with Crippen LogP contribution < -0.4 is 0 Å². The Balaban J connectivity index is 2.34. The van der Waals surface area contributed by atoms with Crippen molar-refractivity contribution in [1.29, 1.82) is 0 Å². The molecule has 0 saturated heterocycles. The first-order valence-corrected chi connectivity index (χ1v) is 9.00. The van der Waals surface area contributed by atoms with E-state index in [0.717, 1.165) is 18.2 Å². The third kappa shape index (κ3) is 1.19. The van der Waals surface area contributed by atoms with Crippen molar-refractivity contribution in [3.63, 3.8) is 0 Å². The van der Waals surface area contributed by atoms with Gasteiger partial charge < -0.3 is 0 Å². The van der Waals surface area contributed by atoms with Crippen molar-refractivity contribution in [3.05, 3.63) is 0 Å². The summed E-state index contributed by atoms with van der Waals surface area (Å²) in [5, 5.41) is 10.9. The Labute approximate surface area is 90.2 Å². The Morgan fingerprint density at radius 1 is 1.50 bits per heavy atom. The van der Waals surface area contributed by atoms with Gasteiger partial charge in [-0.3, -0.25) is 0 Å². The Kier molecular flexibility index (Phi) is 2.41. The van der Waals surface area contributed by atoms with Crippen LogP contribution in [0.2, 0.25) is 11.1 Å². The van der Waals surface area contributed by atoms with Crippen LogP contribution in [0.4, 0.5) is 0 Å². The number of hydrogen-bond donors (Lipinski definition) is 1. The molecule has 0 aliphatic heterocycles. The zero-order valence-electron chi connectivity index (χ0n) is 9.25. The van der Waals surface area contributed by atoms with Crippen molar-refractivity contribution >= 4 is 13.8 Å². The van der Waals surface area contributed by atoms with Gasteiger partial charge in [0.05, 0.1) is 0 Å². The summed E-state index contributed by atoms with van der Waals surface area (Å²) in [6, 6.07) is 0. The molecule has 4 unspecified atom stereocenters. The summed E-state index contributed by atoms with van der Waals surface area (Å²) in [5.41, 5.74) is 0.188. The van der Waals surface area contributed by atoms with Crippen LogP contribution >= 0.6 is 0 Å². The van der Waals surface area contributed by atoms with Crippen LogP contribution in [0.1, 0.15) is 33.1 Å². The molecule has 3 heteroatoms. The van der Waals surface area contributed by atoms with Gasteiger partial charge in [-0.25, -0.2) is 0 Å². The van der Waals surface area contributed by atoms with Gasteiger partial charge >= 0.3 is 89.9 Å². The Hall–Kier alpha value is 0.279. The molecule has 82 valence electrons. The molecular formula is C11H20O2Se. The molecule has 0 aromatic carbocycles. The average molecular weight is 263 g/mol. The molecule has 4 atom stereocenters. The molecule has 0 heterocycles. The summed E-state index contributed by atoms with van der Waals surface area (Å²) in [5.74, 6) is 2.51. The number of hydrogen-bond acceptors (Lipinski definition) is 2. The molecule has 2 aliphatic carbocycles. The third-order valence-electron chi connectivity index (χ3n) is 4.85. The molecule has 2 bridgehead atoms. The zero-order chi connectivity index (χ0) is 10.6. The molecule has 1 N–H and O–H groups in total. The Bertz CT molecular complexity index is 274. The first kappa shape index (κ1) is 10.8. The van der Waals surface area contributed by atoms with E-state index in [1.807, 2.05) is 5.82 Å². The van der Waals surface area contributed by atoms with E-state index in [0.29, 0.717) is 5.92 Å². The summed E-state index contributed by atoms with van der Waals surface area (Å²) in [7, 11) is 0. The quantitative estimate of drug-likeness (QED) is 0.776. The molecule has 2 rings (SSSR count). The fourth-order valence-corrected chi connectivity index (χ4v) is 6.75. The third-order valence-corrected chi connectivity index (χ3v) is 6.78. The van der Waals surface area contributed by atoms with E-state index < -0.39 is 13.8 Å². The van der Waals surface area contributed by atoms with Gasteiger partial charge in [0.2, 0.25) is 0 Å². The first-order chi connectivity index (χ1) is 6.40. The summed E-state index contributed by atoms with van der Waals surface area (Å²) in [6.45, 7) is 4.52. The van der Waals surface area contributed by atoms with Crippen LogP contribution in [-0.4, -0.2) is 25.0 Å². The molecule has 0 aromatic rings. The fraction of sp³-hybridized carbons (Fsp3) is 1.00. The van der Waals surface area contributed by atoms with Crippen molar-refractivity contribution in [2.75, 3.05) is 0 Å². The minimum absolute atomic E-state index is 0.0150. The molecule has 2 fully saturated rings. The zero-order valence-corrected chi connectivity index (χ0v) is 11.0. The molecule has 0 amide bonds. The van der Waals surface area contributed by atoms with Gasteiger partial charge in [0.15, 0.2) is 0 Å². The van der Waals surface area contributed by atoms with Crippen molar-refractivity contribution < 1.29 is 8.94 Å². The van der Waals surface area contributed by atoms with Gasteiger partial charge in [0.1, 0.15) is 0 Å². The second-order valence-electron chi connectivity index (χ2n) is 5.58. The number of aliphatic hydroxyl groups excluding tert-OH is 1. The summed E-state index contributed by atoms with van der Waals surface area (Å²) >= 11 is -1.69. The molecule has 0 aromatic heterocycles. The molecule has 14 heavy (non-hydrogen) atoms. The van der Waals surface area contributed by atoms with Crippen molar-refractivity contribution in [1.82, 2.24) is 0 Å². The van der Waals surface area contributed by atoms with Gasteiger partial charge in [-0.2, -0.15) is 0 Å². The van der Waals surface area contributed by atoms with Gasteiger partial charge in [-0.05, 0) is 0 Å². The van der Waals surface area contributed by atoms with Crippen LogP contribution in [0.3, 0.4) is 0 Å². The SMILES string of the molecule is C[Se](=O)CC12CCC(CC1O)C2(C)C. The standard InChI is InChI=1S/C11H20O2Se/c1-10(2)8-4-5-11(10,7-14(3)13)9(12)6-8/h8-9,12H,4-7H2,1-3H3. The second kappa shape index (κ2) is 3.13. The first-order valence-electron chi connectivity index (χ1n) is 5.38. The van der Waals surface area contributed by atoms with E-state index in [4.69, 9.17) is 0 Å². The van der Waals surface area contributed by atoms with E-state index >= 15 is 0 Å². The van der Waals surface area contributed by atoms with Crippen molar-refractivity contribution in [2.45, 2.75) is 50.4 Å². The van der Waals surface area contributed by atoms with Crippen LogP contribution in [0.5, 0.6) is 0 Å². The van der Waals surface area contributed by atoms with Crippen LogP contribution in [-0.2, 0) is 3.83 Å². The van der Waals surface area contributed by atoms with Gasteiger partial charge in [-0.1, -0.05) is 0 Å². The van der Waals surface area contributed by atoms with Crippen LogP contribution in [0.25, 0.3) is 0 Å². The molecular weight excluding hydrogens is 243 g/mol. The van der Waals surface area contributed by atoms with Crippen LogP contribution in [0, 0.1) is 16.7 Å². The molecule has 2 aliphatic rings. The Morgan fingerprint density at radius 2 is 2.14 bits per heavy atom. The molecule has 2 nitrogen and oxygen atoms in total. The summed E-state index contributed by atoms with van der Waals surface area (Å²) in [6.07, 6.45) is 3.05. The topological polar surface area (TPSA) is 37.3 Å². The van der Waals surface area contributed by atoms with Crippen LogP contribution in [0.15, 0.2) is 0 Å². The predicted molar refractivity (Wildman–Crippen MR) is 56.7 cm³/mol. The van der Waals surface area contributed by atoms with Crippen molar-refractivity contribution in [2.24, 2.45) is 16.7 Å². The van der Waals surface area contributed by atoms with E-state index in [-0.39, 0.29) is 16.9 Å². The fourth-order valence-electron chi connectivity index (χ4n) is 3.74. The van der Waals surface area contributed by atoms with Gasteiger partial charge in [-0.15, -0.1) is 0 Å². The molecule has 0 spiro atoms. The molecule has 0 radical (unpaired) electrons. The second-order valence-corrected chi connectivity index (χ2v) is 8.59. The van der Waals surface area contributed by atoms with E-state index in [2.05, 4.69) is 13.8 Å². The van der Waals surface area contributed by atoms with E-state index in [1.54, 1.807) is 0 Å². The monoisotopic (exact) mass is 264 g/mol. The summed E-state index contributed by atoms with van der Waals surface area (Å²) in [4.78, 5) is 0. The number of rotatable bonds is 2. The average Bonchev–Trinajstić information content (AvgIpc) is 2.36. The normalized spacial score (nSPS) is 46.9. The predicted octanol–water partition coefficient (Wildman–Crippen LogP) is 2.23. The van der Waals surface area contributed by atoms with E-state index in [1.165, 1.54) is 6.42 Å². The maximum absolute atomic E-state index is 11.5. The van der Waals surface area contributed by atoms with Gasteiger partial charge in [0, 0.05) is 0 Å².